The van der Waals surface area contributed by atoms with Gasteiger partial charge < -0.3 is 19.8 Å². The smallest absolute Gasteiger partial charge is 0.355 e. The number of H-pyrrole nitrogens is 1. The predicted molar refractivity (Wildman–Crippen MR) is 98.0 cm³/mol. The lowest BCUT2D eigenvalue weighted by Crippen LogP contribution is -2.35. The topological polar surface area (TPSA) is 80.4 Å². The van der Waals surface area contributed by atoms with E-state index in [1.165, 1.54) is 6.92 Å². The summed E-state index contributed by atoms with van der Waals surface area (Å²) in [7, 11) is 1.57. The number of fused-ring (bicyclic) bond motifs is 1. The lowest BCUT2D eigenvalue weighted by atomic mass is 10.2. The van der Waals surface area contributed by atoms with Gasteiger partial charge in [-0.1, -0.05) is 36.4 Å². The number of benzene rings is 2. The second-order valence-electron chi connectivity index (χ2n) is 5.85. The van der Waals surface area contributed by atoms with Crippen LogP contribution in [0.1, 0.15) is 23.0 Å². The number of nitrogens with one attached hydrogen (secondary N) is 2. The number of hydrogen-bond donors (Lipinski definition) is 2. The summed E-state index contributed by atoms with van der Waals surface area (Å²) in [5.74, 6) is -0.253. The monoisotopic (exact) mass is 352 g/mol. The van der Waals surface area contributed by atoms with Crippen LogP contribution in [0.3, 0.4) is 0 Å². The van der Waals surface area contributed by atoms with E-state index in [0.717, 1.165) is 16.5 Å². The molecule has 0 aliphatic carbocycles. The number of carbonyl (C=O) groups is 2. The number of rotatable bonds is 6. The second kappa shape index (κ2) is 7.74. The van der Waals surface area contributed by atoms with Crippen molar-refractivity contribution in [2.24, 2.45) is 0 Å². The number of ether oxygens (including phenoxy) is 2. The van der Waals surface area contributed by atoms with Crippen LogP contribution in [0.2, 0.25) is 0 Å². The molecule has 26 heavy (non-hydrogen) atoms. The highest BCUT2D eigenvalue weighted by Gasteiger charge is 2.20. The molecule has 6 heteroatoms. The average Bonchev–Trinajstić information content (AvgIpc) is 3.10. The van der Waals surface area contributed by atoms with Crippen LogP contribution in [0.25, 0.3) is 10.9 Å². The maximum Gasteiger partial charge on any atom is 0.355 e. The molecule has 0 aliphatic rings. The molecule has 0 fully saturated rings. The summed E-state index contributed by atoms with van der Waals surface area (Å²) in [4.78, 5) is 27.5. The second-order valence-corrected chi connectivity index (χ2v) is 5.85. The number of aromatic nitrogens is 1. The van der Waals surface area contributed by atoms with E-state index in [1.54, 1.807) is 13.2 Å². The quantitative estimate of drug-likeness (QED) is 0.668. The number of carbonyl (C=O) groups excluding carboxylic acids is 2. The molecule has 0 radical (unpaired) electrons. The van der Waals surface area contributed by atoms with Gasteiger partial charge in [-0.15, -0.1) is 0 Å². The summed E-state index contributed by atoms with van der Waals surface area (Å²) < 4.78 is 10.5. The molecule has 6 nitrogen and oxygen atoms in total. The Morgan fingerprint density at radius 3 is 2.62 bits per heavy atom. The number of esters is 1. The SMILES string of the molecule is COc1ccccc1CNC(=O)[C@H](C)OC(=O)c1cc2ccccc2[nH]1. The standard InChI is InChI=1S/C20H20N2O4/c1-13(19(23)21-12-15-8-4-6-10-18(15)25-2)26-20(24)17-11-14-7-3-5-9-16(14)22-17/h3-11,13,22H,12H2,1-2H3,(H,21,23)/t13-/m0/s1. The van der Waals surface area contributed by atoms with Crippen molar-refractivity contribution in [3.8, 4) is 5.75 Å². The Bertz CT molecular complexity index is 899. The van der Waals surface area contributed by atoms with Crippen molar-refractivity contribution in [2.75, 3.05) is 7.11 Å². The van der Waals surface area contributed by atoms with Crippen molar-refractivity contribution < 1.29 is 19.1 Å². The van der Waals surface area contributed by atoms with Gasteiger partial charge in [-0.3, -0.25) is 4.79 Å². The highest BCUT2D eigenvalue weighted by molar-refractivity contribution is 5.96. The van der Waals surface area contributed by atoms with E-state index < -0.39 is 12.1 Å². The fourth-order valence-corrected chi connectivity index (χ4v) is 2.64. The minimum atomic E-state index is -0.913. The minimum Gasteiger partial charge on any atom is -0.496 e. The van der Waals surface area contributed by atoms with Crippen LogP contribution in [-0.4, -0.2) is 30.1 Å². The minimum absolute atomic E-state index is 0.289. The molecule has 0 unspecified atom stereocenters. The third-order valence-electron chi connectivity index (χ3n) is 4.05. The normalized spacial score (nSPS) is 11.8. The molecule has 1 atom stereocenters. The maximum atomic E-state index is 12.3. The zero-order chi connectivity index (χ0) is 18.5. The zero-order valence-corrected chi connectivity index (χ0v) is 14.6. The van der Waals surface area contributed by atoms with Crippen LogP contribution in [0.15, 0.2) is 54.6 Å². The van der Waals surface area contributed by atoms with Gasteiger partial charge in [-0.2, -0.15) is 0 Å². The average molecular weight is 352 g/mol. The Labute approximate surface area is 151 Å². The van der Waals surface area contributed by atoms with Crippen molar-refractivity contribution in [1.82, 2.24) is 10.3 Å². The molecule has 2 N–H and O–H groups in total. The highest BCUT2D eigenvalue weighted by atomic mass is 16.5. The first-order chi connectivity index (χ1) is 12.6. The Balaban J connectivity index is 1.59. The molecule has 3 aromatic rings. The molecule has 1 amide bonds. The van der Waals surface area contributed by atoms with Gasteiger partial charge in [0, 0.05) is 23.0 Å². The molecule has 0 saturated carbocycles. The van der Waals surface area contributed by atoms with E-state index in [-0.39, 0.29) is 12.5 Å². The van der Waals surface area contributed by atoms with E-state index in [0.29, 0.717) is 11.4 Å². The zero-order valence-electron chi connectivity index (χ0n) is 14.6. The lowest BCUT2D eigenvalue weighted by molar-refractivity contribution is -0.129. The first-order valence-corrected chi connectivity index (χ1v) is 8.27. The molecule has 0 bridgehead atoms. The van der Waals surface area contributed by atoms with Crippen molar-refractivity contribution in [2.45, 2.75) is 19.6 Å². The van der Waals surface area contributed by atoms with Gasteiger partial charge in [0.05, 0.1) is 7.11 Å². The van der Waals surface area contributed by atoms with Crippen LogP contribution >= 0.6 is 0 Å². The highest BCUT2D eigenvalue weighted by Crippen LogP contribution is 2.17. The van der Waals surface area contributed by atoms with Crippen molar-refractivity contribution in [3.05, 3.63) is 65.9 Å². The Morgan fingerprint density at radius 2 is 1.85 bits per heavy atom. The molecule has 0 aliphatic heterocycles. The van der Waals surface area contributed by atoms with Gasteiger partial charge >= 0.3 is 5.97 Å². The fraction of sp³-hybridized carbons (Fsp3) is 0.200. The van der Waals surface area contributed by atoms with E-state index in [4.69, 9.17) is 9.47 Å². The number of hydrogen-bond acceptors (Lipinski definition) is 4. The molecular weight excluding hydrogens is 332 g/mol. The molecule has 0 spiro atoms. The Morgan fingerprint density at radius 1 is 1.12 bits per heavy atom. The fourth-order valence-electron chi connectivity index (χ4n) is 2.64. The van der Waals surface area contributed by atoms with E-state index in [1.807, 2.05) is 48.5 Å². The molecule has 1 aromatic heterocycles. The number of amides is 1. The van der Waals surface area contributed by atoms with Gasteiger partial charge in [-0.05, 0) is 25.1 Å². The van der Waals surface area contributed by atoms with Crippen LogP contribution in [0.5, 0.6) is 5.75 Å². The summed E-state index contributed by atoms with van der Waals surface area (Å²) in [5.41, 5.74) is 2.00. The summed E-state index contributed by atoms with van der Waals surface area (Å²) in [6.45, 7) is 1.83. The number of para-hydroxylation sites is 2. The van der Waals surface area contributed by atoms with Gasteiger partial charge in [0.1, 0.15) is 11.4 Å². The molecule has 0 saturated heterocycles. The van der Waals surface area contributed by atoms with Gasteiger partial charge in [-0.25, -0.2) is 4.79 Å². The Kier molecular flexibility index (Phi) is 5.22. The third kappa shape index (κ3) is 3.85. The largest absolute Gasteiger partial charge is 0.496 e. The molecule has 134 valence electrons. The van der Waals surface area contributed by atoms with Crippen molar-refractivity contribution in [3.63, 3.8) is 0 Å². The summed E-state index contributed by atoms with van der Waals surface area (Å²) >= 11 is 0. The van der Waals surface area contributed by atoms with Crippen molar-refractivity contribution >= 4 is 22.8 Å². The van der Waals surface area contributed by atoms with Crippen LogP contribution in [-0.2, 0) is 16.1 Å². The van der Waals surface area contributed by atoms with Gasteiger partial charge in [0.15, 0.2) is 6.10 Å². The summed E-state index contributed by atoms with van der Waals surface area (Å²) in [5, 5.41) is 3.66. The number of aromatic amines is 1. The van der Waals surface area contributed by atoms with Crippen LogP contribution in [0, 0.1) is 0 Å². The van der Waals surface area contributed by atoms with E-state index >= 15 is 0 Å². The number of methoxy groups -OCH3 is 1. The van der Waals surface area contributed by atoms with E-state index in [2.05, 4.69) is 10.3 Å². The van der Waals surface area contributed by atoms with E-state index in [9.17, 15) is 9.59 Å². The first-order valence-electron chi connectivity index (χ1n) is 8.27. The Hall–Kier alpha value is -3.28. The molecule has 1 heterocycles. The molecule has 2 aromatic carbocycles. The maximum absolute atomic E-state index is 12.3. The lowest BCUT2D eigenvalue weighted by Gasteiger charge is -2.14. The first kappa shape index (κ1) is 17.5. The van der Waals surface area contributed by atoms with Gasteiger partial charge in [0.2, 0.25) is 0 Å². The van der Waals surface area contributed by atoms with Crippen LogP contribution in [0.4, 0.5) is 0 Å². The van der Waals surface area contributed by atoms with Crippen molar-refractivity contribution in [1.29, 1.82) is 0 Å². The molecule has 3 rings (SSSR count). The summed E-state index contributed by atoms with van der Waals surface area (Å²) in [6, 6.07) is 16.6. The predicted octanol–water partition coefficient (Wildman–Crippen LogP) is 3.04. The summed E-state index contributed by atoms with van der Waals surface area (Å²) in [6.07, 6.45) is -0.913. The van der Waals surface area contributed by atoms with Gasteiger partial charge in [0.25, 0.3) is 5.91 Å². The molecular formula is C20H20N2O4. The van der Waals surface area contributed by atoms with Crippen LogP contribution < -0.4 is 10.1 Å². The third-order valence-corrected chi connectivity index (χ3v) is 4.05.